The summed E-state index contributed by atoms with van der Waals surface area (Å²) in [5.41, 5.74) is 2.71. The lowest BCUT2D eigenvalue weighted by Gasteiger charge is -2.19. The SMILES string of the molecule is CC(C)n1cc(CN2CCCCCC2)c2ccc(Cl)cc21. The number of rotatable bonds is 3. The molecule has 1 aliphatic rings. The Morgan fingerprint density at radius 1 is 1.10 bits per heavy atom. The number of benzene rings is 1. The summed E-state index contributed by atoms with van der Waals surface area (Å²) in [6.45, 7) is 8.01. The summed E-state index contributed by atoms with van der Waals surface area (Å²) in [4.78, 5) is 2.61. The molecule has 1 aliphatic heterocycles. The Balaban J connectivity index is 1.94. The molecule has 2 aromatic rings. The molecular formula is C18H25ClN2. The minimum absolute atomic E-state index is 0.462. The molecule has 1 saturated heterocycles. The van der Waals surface area contributed by atoms with Crippen LogP contribution in [-0.4, -0.2) is 22.6 Å². The van der Waals surface area contributed by atoms with Gasteiger partial charge in [-0.05, 0) is 57.5 Å². The van der Waals surface area contributed by atoms with E-state index in [9.17, 15) is 0 Å². The molecule has 0 atom stereocenters. The number of aromatic nitrogens is 1. The third kappa shape index (κ3) is 3.27. The zero-order valence-electron chi connectivity index (χ0n) is 13.1. The van der Waals surface area contributed by atoms with Gasteiger partial charge in [-0.3, -0.25) is 4.90 Å². The Hall–Kier alpha value is -0.990. The van der Waals surface area contributed by atoms with E-state index in [4.69, 9.17) is 11.6 Å². The first kappa shape index (κ1) is 14.9. The second-order valence-electron chi connectivity index (χ2n) is 6.51. The van der Waals surface area contributed by atoms with Gasteiger partial charge in [0.15, 0.2) is 0 Å². The monoisotopic (exact) mass is 304 g/mol. The predicted molar refractivity (Wildman–Crippen MR) is 91.1 cm³/mol. The van der Waals surface area contributed by atoms with E-state index in [1.54, 1.807) is 0 Å². The molecule has 1 aromatic carbocycles. The number of fused-ring (bicyclic) bond motifs is 1. The van der Waals surface area contributed by atoms with Crippen LogP contribution in [0.4, 0.5) is 0 Å². The van der Waals surface area contributed by atoms with Gasteiger partial charge in [-0.25, -0.2) is 0 Å². The fraction of sp³-hybridized carbons (Fsp3) is 0.556. The second kappa shape index (κ2) is 6.41. The highest BCUT2D eigenvalue weighted by molar-refractivity contribution is 6.31. The van der Waals surface area contributed by atoms with Gasteiger partial charge in [0.1, 0.15) is 0 Å². The van der Waals surface area contributed by atoms with Gasteiger partial charge in [-0.15, -0.1) is 0 Å². The minimum atomic E-state index is 0.462. The van der Waals surface area contributed by atoms with Crippen molar-refractivity contribution in [3.63, 3.8) is 0 Å². The van der Waals surface area contributed by atoms with Crippen LogP contribution in [0, 0.1) is 0 Å². The summed E-state index contributed by atoms with van der Waals surface area (Å²) in [5.74, 6) is 0. The first-order chi connectivity index (χ1) is 10.1. The molecule has 3 rings (SSSR count). The molecule has 21 heavy (non-hydrogen) atoms. The minimum Gasteiger partial charge on any atom is -0.345 e. The summed E-state index contributed by atoms with van der Waals surface area (Å²) in [6, 6.07) is 6.76. The highest BCUT2D eigenvalue weighted by atomic mass is 35.5. The van der Waals surface area contributed by atoms with Crippen LogP contribution in [0.3, 0.4) is 0 Å². The van der Waals surface area contributed by atoms with Crippen LogP contribution in [0.2, 0.25) is 5.02 Å². The van der Waals surface area contributed by atoms with Crippen molar-refractivity contribution in [2.24, 2.45) is 0 Å². The molecular weight excluding hydrogens is 280 g/mol. The summed E-state index contributed by atoms with van der Waals surface area (Å²) in [5, 5.41) is 2.18. The van der Waals surface area contributed by atoms with Crippen LogP contribution in [0.25, 0.3) is 10.9 Å². The van der Waals surface area contributed by atoms with Crippen molar-refractivity contribution >= 4 is 22.5 Å². The molecule has 0 N–H and O–H groups in total. The predicted octanol–water partition coefficient (Wildman–Crippen LogP) is 5.25. The first-order valence-corrected chi connectivity index (χ1v) is 8.54. The highest BCUT2D eigenvalue weighted by Crippen LogP contribution is 2.28. The van der Waals surface area contributed by atoms with Crippen LogP contribution in [0.15, 0.2) is 24.4 Å². The van der Waals surface area contributed by atoms with Gasteiger partial charge in [0.05, 0.1) is 5.52 Å². The van der Waals surface area contributed by atoms with Gasteiger partial charge in [0.2, 0.25) is 0 Å². The van der Waals surface area contributed by atoms with Crippen molar-refractivity contribution in [3.05, 3.63) is 35.0 Å². The van der Waals surface area contributed by atoms with E-state index in [0.29, 0.717) is 6.04 Å². The molecule has 0 radical (unpaired) electrons. The summed E-state index contributed by atoms with van der Waals surface area (Å²) < 4.78 is 2.36. The number of hydrogen-bond acceptors (Lipinski definition) is 1. The molecule has 3 heteroatoms. The maximum Gasteiger partial charge on any atom is 0.0501 e. The van der Waals surface area contributed by atoms with Gasteiger partial charge in [-0.2, -0.15) is 0 Å². The van der Waals surface area contributed by atoms with E-state index in [0.717, 1.165) is 11.6 Å². The van der Waals surface area contributed by atoms with Crippen LogP contribution in [0.1, 0.15) is 51.1 Å². The Morgan fingerprint density at radius 3 is 2.48 bits per heavy atom. The Morgan fingerprint density at radius 2 is 1.81 bits per heavy atom. The summed E-state index contributed by atoms with van der Waals surface area (Å²) in [7, 11) is 0. The molecule has 114 valence electrons. The van der Waals surface area contributed by atoms with Crippen molar-refractivity contribution in [2.75, 3.05) is 13.1 Å². The fourth-order valence-corrected chi connectivity index (χ4v) is 3.55. The lowest BCUT2D eigenvalue weighted by Crippen LogP contribution is -2.23. The average molecular weight is 305 g/mol. The van der Waals surface area contributed by atoms with Crippen molar-refractivity contribution < 1.29 is 0 Å². The smallest absolute Gasteiger partial charge is 0.0501 e. The van der Waals surface area contributed by atoms with Crippen LogP contribution >= 0.6 is 11.6 Å². The van der Waals surface area contributed by atoms with Crippen LogP contribution in [0.5, 0.6) is 0 Å². The molecule has 1 aromatic heterocycles. The van der Waals surface area contributed by atoms with Gasteiger partial charge < -0.3 is 4.57 Å². The van der Waals surface area contributed by atoms with Crippen molar-refractivity contribution in [1.29, 1.82) is 0 Å². The van der Waals surface area contributed by atoms with Gasteiger partial charge in [-0.1, -0.05) is 30.5 Å². The van der Waals surface area contributed by atoms with E-state index in [2.05, 4.69) is 41.6 Å². The van der Waals surface area contributed by atoms with E-state index in [-0.39, 0.29) is 0 Å². The number of halogens is 1. The van der Waals surface area contributed by atoms with Gasteiger partial charge in [0.25, 0.3) is 0 Å². The highest BCUT2D eigenvalue weighted by Gasteiger charge is 2.15. The summed E-state index contributed by atoms with van der Waals surface area (Å²) >= 11 is 6.19. The number of nitrogens with zero attached hydrogens (tertiary/aromatic N) is 2. The molecule has 1 fully saturated rings. The second-order valence-corrected chi connectivity index (χ2v) is 6.94. The van der Waals surface area contributed by atoms with Crippen molar-refractivity contribution in [2.45, 2.75) is 52.1 Å². The Kier molecular flexibility index (Phi) is 4.56. The Bertz CT molecular complexity index is 607. The van der Waals surface area contributed by atoms with Gasteiger partial charge >= 0.3 is 0 Å². The van der Waals surface area contributed by atoms with Crippen LogP contribution in [-0.2, 0) is 6.54 Å². The van der Waals surface area contributed by atoms with Crippen LogP contribution < -0.4 is 0 Å². The number of hydrogen-bond donors (Lipinski definition) is 0. The Labute approximate surface area is 132 Å². The van der Waals surface area contributed by atoms with Gasteiger partial charge in [0, 0.05) is 29.2 Å². The molecule has 0 spiro atoms. The standard InChI is InChI=1S/C18H25ClN2/c1-14(2)21-13-15(12-20-9-5-3-4-6-10-20)17-8-7-16(19)11-18(17)21/h7-8,11,13-14H,3-6,9-10,12H2,1-2H3. The zero-order chi connectivity index (χ0) is 14.8. The topological polar surface area (TPSA) is 8.17 Å². The van der Waals surface area contributed by atoms with Crippen molar-refractivity contribution in [3.8, 4) is 0 Å². The lowest BCUT2D eigenvalue weighted by molar-refractivity contribution is 0.277. The molecule has 2 nitrogen and oxygen atoms in total. The van der Waals surface area contributed by atoms with E-state index >= 15 is 0 Å². The van der Waals surface area contributed by atoms with E-state index in [1.807, 2.05) is 6.07 Å². The molecule has 0 aliphatic carbocycles. The summed E-state index contributed by atoms with van der Waals surface area (Å²) in [6.07, 6.45) is 7.79. The first-order valence-electron chi connectivity index (χ1n) is 8.16. The third-order valence-corrected chi connectivity index (χ3v) is 4.76. The quantitative estimate of drug-likeness (QED) is 0.751. The molecule has 0 saturated carbocycles. The third-order valence-electron chi connectivity index (χ3n) is 4.53. The maximum absolute atomic E-state index is 6.19. The molecule has 0 amide bonds. The molecule has 2 heterocycles. The normalized spacial score (nSPS) is 17.5. The fourth-order valence-electron chi connectivity index (χ4n) is 3.39. The van der Waals surface area contributed by atoms with Crippen molar-refractivity contribution in [1.82, 2.24) is 9.47 Å². The molecule has 0 unspecified atom stereocenters. The van der Waals surface area contributed by atoms with E-state index in [1.165, 1.54) is 55.2 Å². The molecule has 0 bridgehead atoms. The van der Waals surface area contributed by atoms with E-state index < -0.39 is 0 Å². The largest absolute Gasteiger partial charge is 0.345 e. The number of likely N-dealkylation sites (tertiary alicyclic amines) is 1. The average Bonchev–Trinajstić information content (AvgIpc) is 2.62. The zero-order valence-corrected chi connectivity index (χ0v) is 13.9. The lowest BCUT2D eigenvalue weighted by atomic mass is 10.1. The maximum atomic E-state index is 6.19.